The molecule has 0 unspecified atom stereocenters. The Bertz CT molecular complexity index is 579. The van der Waals surface area contributed by atoms with Crippen LogP contribution in [0.3, 0.4) is 0 Å². The van der Waals surface area contributed by atoms with E-state index in [0.29, 0.717) is 6.54 Å². The number of nitrogens with two attached hydrogens (primary N) is 1. The summed E-state index contributed by atoms with van der Waals surface area (Å²) in [6.07, 6.45) is 3.68. The maximum absolute atomic E-state index is 6.33. The smallest absolute Gasteiger partial charge is 0.134 e. The molecule has 4 nitrogen and oxygen atoms in total. The van der Waals surface area contributed by atoms with Crippen molar-refractivity contribution in [3.63, 3.8) is 0 Å². The Kier molecular flexibility index (Phi) is 4.45. The van der Waals surface area contributed by atoms with Gasteiger partial charge in [0, 0.05) is 23.7 Å². The molecule has 1 aromatic carbocycles. The number of benzene rings is 1. The number of pyridine rings is 1. The number of nitrogens with zero attached hydrogens (tertiary/aromatic N) is 1. The van der Waals surface area contributed by atoms with E-state index >= 15 is 0 Å². The number of hydrogen-bond acceptors (Lipinski definition) is 4. The van der Waals surface area contributed by atoms with Gasteiger partial charge in [-0.1, -0.05) is 19.9 Å². The van der Waals surface area contributed by atoms with Crippen LogP contribution in [0.2, 0.25) is 0 Å². The van der Waals surface area contributed by atoms with Gasteiger partial charge in [0.25, 0.3) is 0 Å². The SMILES string of the molecule is CCC(N)(CC)CNc1nccc2ccc(OC)cc12. The number of anilines is 1. The fraction of sp³-hybridized carbons (Fsp3) is 0.438. The summed E-state index contributed by atoms with van der Waals surface area (Å²) in [7, 11) is 1.67. The van der Waals surface area contributed by atoms with E-state index in [1.165, 1.54) is 0 Å². The molecule has 2 aromatic rings. The van der Waals surface area contributed by atoms with Crippen LogP contribution in [0, 0.1) is 0 Å². The molecule has 108 valence electrons. The molecule has 0 saturated carbocycles. The zero-order valence-corrected chi connectivity index (χ0v) is 12.4. The molecular formula is C16H23N3O. The Hall–Kier alpha value is -1.81. The van der Waals surface area contributed by atoms with Gasteiger partial charge in [-0.3, -0.25) is 0 Å². The zero-order valence-electron chi connectivity index (χ0n) is 12.4. The van der Waals surface area contributed by atoms with E-state index in [1.807, 2.05) is 30.5 Å². The van der Waals surface area contributed by atoms with Crippen molar-refractivity contribution in [2.75, 3.05) is 19.0 Å². The Morgan fingerprint density at radius 1 is 1.25 bits per heavy atom. The molecule has 1 heterocycles. The van der Waals surface area contributed by atoms with Crippen LogP contribution in [0.25, 0.3) is 10.8 Å². The third-order valence-corrected chi connectivity index (χ3v) is 3.99. The third kappa shape index (κ3) is 3.02. The van der Waals surface area contributed by atoms with Gasteiger partial charge in [-0.25, -0.2) is 4.98 Å². The van der Waals surface area contributed by atoms with Gasteiger partial charge in [-0.05, 0) is 36.4 Å². The van der Waals surface area contributed by atoms with Gasteiger partial charge in [0.05, 0.1) is 7.11 Å². The minimum absolute atomic E-state index is 0.192. The van der Waals surface area contributed by atoms with Crippen LogP contribution in [-0.2, 0) is 0 Å². The first-order valence-electron chi connectivity index (χ1n) is 7.07. The minimum atomic E-state index is -0.192. The molecule has 0 saturated heterocycles. The van der Waals surface area contributed by atoms with Crippen molar-refractivity contribution in [3.8, 4) is 5.75 Å². The Morgan fingerprint density at radius 3 is 2.65 bits per heavy atom. The molecule has 0 amide bonds. The van der Waals surface area contributed by atoms with Gasteiger partial charge >= 0.3 is 0 Å². The van der Waals surface area contributed by atoms with Crippen molar-refractivity contribution < 1.29 is 4.74 Å². The normalized spacial score (nSPS) is 11.6. The molecule has 0 atom stereocenters. The first-order valence-corrected chi connectivity index (χ1v) is 7.07. The van der Waals surface area contributed by atoms with Gasteiger partial charge < -0.3 is 15.8 Å². The lowest BCUT2D eigenvalue weighted by atomic mass is 9.94. The maximum atomic E-state index is 6.33. The van der Waals surface area contributed by atoms with Crippen LogP contribution < -0.4 is 15.8 Å². The standard InChI is InChI=1S/C16H23N3O/c1-4-16(17,5-2)11-19-15-14-10-13(20-3)7-6-12(14)8-9-18-15/h6-10H,4-5,11,17H2,1-3H3,(H,18,19). The van der Waals surface area contributed by atoms with Crippen molar-refractivity contribution in [3.05, 3.63) is 30.5 Å². The number of hydrogen-bond donors (Lipinski definition) is 2. The molecule has 3 N–H and O–H groups in total. The quantitative estimate of drug-likeness (QED) is 0.848. The summed E-state index contributed by atoms with van der Waals surface area (Å²) in [5, 5.41) is 5.58. The van der Waals surface area contributed by atoms with Gasteiger partial charge in [0.1, 0.15) is 11.6 Å². The molecule has 4 heteroatoms. The van der Waals surface area contributed by atoms with Gasteiger partial charge in [0.2, 0.25) is 0 Å². The lowest BCUT2D eigenvalue weighted by molar-refractivity contribution is 0.415. The summed E-state index contributed by atoms with van der Waals surface area (Å²) in [6.45, 7) is 4.94. The summed E-state index contributed by atoms with van der Waals surface area (Å²) >= 11 is 0. The first kappa shape index (κ1) is 14.6. The first-order chi connectivity index (χ1) is 9.61. The van der Waals surface area contributed by atoms with Crippen LogP contribution in [-0.4, -0.2) is 24.2 Å². The van der Waals surface area contributed by atoms with Crippen molar-refractivity contribution >= 4 is 16.6 Å². The van der Waals surface area contributed by atoms with E-state index in [2.05, 4.69) is 24.1 Å². The molecule has 1 aromatic heterocycles. The molecule has 0 aliphatic rings. The molecule has 2 rings (SSSR count). The largest absolute Gasteiger partial charge is 0.497 e. The van der Waals surface area contributed by atoms with Gasteiger partial charge in [0.15, 0.2) is 0 Å². The average molecular weight is 273 g/mol. The Balaban J connectivity index is 2.29. The second-order valence-electron chi connectivity index (χ2n) is 5.17. The summed E-state index contributed by atoms with van der Waals surface area (Å²) in [5.74, 6) is 1.69. The highest BCUT2D eigenvalue weighted by Gasteiger charge is 2.20. The molecular weight excluding hydrogens is 250 g/mol. The number of fused-ring (bicyclic) bond motifs is 1. The predicted molar refractivity (Wildman–Crippen MR) is 84.3 cm³/mol. The van der Waals surface area contributed by atoms with Crippen LogP contribution in [0.1, 0.15) is 26.7 Å². The number of aromatic nitrogens is 1. The summed E-state index contributed by atoms with van der Waals surface area (Å²) in [6, 6.07) is 7.99. The van der Waals surface area contributed by atoms with Crippen LogP contribution >= 0.6 is 0 Å². The fourth-order valence-electron chi connectivity index (χ4n) is 2.18. The van der Waals surface area contributed by atoms with Crippen LogP contribution in [0.4, 0.5) is 5.82 Å². The highest BCUT2D eigenvalue weighted by molar-refractivity contribution is 5.92. The van der Waals surface area contributed by atoms with Crippen LogP contribution in [0.5, 0.6) is 5.75 Å². The van der Waals surface area contributed by atoms with E-state index in [0.717, 1.165) is 35.2 Å². The van der Waals surface area contributed by atoms with Crippen LogP contribution in [0.15, 0.2) is 30.5 Å². The average Bonchev–Trinajstić information content (AvgIpc) is 2.52. The predicted octanol–water partition coefficient (Wildman–Crippen LogP) is 3.17. The van der Waals surface area contributed by atoms with Crippen molar-refractivity contribution in [1.82, 2.24) is 4.98 Å². The molecule has 0 fully saturated rings. The number of methoxy groups -OCH3 is 1. The zero-order chi connectivity index (χ0) is 14.6. The molecule has 0 bridgehead atoms. The van der Waals surface area contributed by atoms with E-state index in [4.69, 9.17) is 10.5 Å². The maximum Gasteiger partial charge on any atom is 0.134 e. The number of rotatable bonds is 6. The molecule has 0 aliphatic heterocycles. The fourth-order valence-corrected chi connectivity index (χ4v) is 2.18. The van der Waals surface area contributed by atoms with E-state index in [-0.39, 0.29) is 5.54 Å². The lowest BCUT2D eigenvalue weighted by Crippen LogP contribution is -2.45. The second kappa shape index (κ2) is 6.09. The Labute approximate surface area is 120 Å². The molecule has 20 heavy (non-hydrogen) atoms. The minimum Gasteiger partial charge on any atom is -0.497 e. The van der Waals surface area contributed by atoms with Crippen molar-refractivity contribution in [1.29, 1.82) is 0 Å². The summed E-state index contributed by atoms with van der Waals surface area (Å²) < 4.78 is 5.28. The number of nitrogens with one attached hydrogen (secondary N) is 1. The monoisotopic (exact) mass is 273 g/mol. The Morgan fingerprint density at radius 2 is 2.00 bits per heavy atom. The van der Waals surface area contributed by atoms with Crippen molar-refractivity contribution in [2.45, 2.75) is 32.2 Å². The lowest BCUT2D eigenvalue weighted by Gasteiger charge is -2.27. The van der Waals surface area contributed by atoms with E-state index in [9.17, 15) is 0 Å². The van der Waals surface area contributed by atoms with E-state index in [1.54, 1.807) is 7.11 Å². The summed E-state index contributed by atoms with van der Waals surface area (Å²) in [5.41, 5.74) is 6.14. The topological polar surface area (TPSA) is 60.2 Å². The molecule has 0 spiro atoms. The van der Waals surface area contributed by atoms with Gasteiger partial charge in [-0.2, -0.15) is 0 Å². The summed E-state index contributed by atoms with van der Waals surface area (Å²) in [4.78, 5) is 4.43. The number of ether oxygens (including phenoxy) is 1. The molecule has 0 radical (unpaired) electrons. The molecule has 0 aliphatic carbocycles. The second-order valence-corrected chi connectivity index (χ2v) is 5.17. The van der Waals surface area contributed by atoms with Gasteiger partial charge in [-0.15, -0.1) is 0 Å². The third-order valence-electron chi connectivity index (χ3n) is 3.99. The highest BCUT2D eigenvalue weighted by Crippen LogP contribution is 2.26. The van der Waals surface area contributed by atoms with Crippen molar-refractivity contribution in [2.24, 2.45) is 5.73 Å². The van der Waals surface area contributed by atoms with E-state index < -0.39 is 0 Å². The highest BCUT2D eigenvalue weighted by atomic mass is 16.5.